The van der Waals surface area contributed by atoms with Gasteiger partial charge in [-0.3, -0.25) is 4.79 Å². The van der Waals surface area contributed by atoms with Crippen molar-refractivity contribution in [3.63, 3.8) is 0 Å². The second kappa shape index (κ2) is 5.54. The first-order chi connectivity index (χ1) is 8.99. The molecular formula is C12H9ClFN3OS. The number of para-hydroxylation sites is 1. The number of hydrogen-bond donors (Lipinski definition) is 2. The zero-order chi connectivity index (χ0) is 14.0. The van der Waals surface area contributed by atoms with Gasteiger partial charge in [0, 0.05) is 0 Å². The average Bonchev–Trinajstić information content (AvgIpc) is 2.30. The van der Waals surface area contributed by atoms with Gasteiger partial charge in [-0.2, -0.15) is 0 Å². The number of aryl methyl sites for hydroxylation is 1. The van der Waals surface area contributed by atoms with Crippen LogP contribution in [0.2, 0.25) is 5.15 Å². The van der Waals surface area contributed by atoms with Gasteiger partial charge in [0.25, 0.3) is 0 Å². The SMILES string of the molecule is Cc1nc(Cl)c(C(=O)S)c(Nc2ccccc2F)n1. The number of carbonyl (C=O) groups excluding carboxylic acids is 1. The molecule has 1 N–H and O–H groups in total. The summed E-state index contributed by atoms with van der Waals surface area (Å²) in [6, 6.07) is 6.03. The second-order valence-corrected chi connectivity index (χ2v) is 4.46. The summed E-state index contributed by atoms with van der Waals surface area (Å²) in [4.78, 5) is 19.4. The normalized spacial score (nSPS) is 10.3. The highest BCUT2D eigenvalue weighted by Gasteiger charge is 2.17. The Kier molecular flexibility index (Phi) is 4.01. The highest BCUT2D eigenvalue weighted by molar-refractivity contribution is 7.97. The van der Waals surface area contributed by atoms with Gasteiger partial charge in [0.15, 0.2) is 0 Å². The van der Waals surface area contributed by atoms with Crippen LogP contribution in [0.5, 0.6) is 0 Å². The first kappa shape index (κ1) is 13.8. The van der Waals surface area contributed by atoms with Crippen LogP contribution in [0.3, 0.4) is 0 Å². The predicted molar refractivity (Wildman–Crippen MR) is 74.8 cm³/mol. The summed E-state index contributed by atoms with van der Waals surface area (Å²) in [7, 11) is 0. The number of nitrogens with one attached hydrogen (secondary N) is 1. The number of carbonyl (C=O) groups is 1. The summed E-state index contributed by atoms with van der Waals surface area (Å²) < 4.78 is 13.6. The van der Waals surface area contributed by atoms with E-state index in [0.29, 0.717) is 5.82 Å². The lowest BCUT2D eigenvalue weighted by molar-refractivity contribution is 0.109. The highest BCUT2D eigenvalue weighted by Crippen LogP contribution is 2.26. The Balaban J connectivity index is 2.51. The largest absolute Gasteiger partial charge is 0.337 e. The molecule has 0 aliphatic rings. The molecule has 98 valence electrons. The lowest BCUT2D eigenvalue weighted by Crippen LogP contribution is -2.07. The van der Waals surface area contributed by atoms with Crippen LogP contribution in [0.1, 0.15) is 16.2 Å². The molecule has 0 radical (unpaired) electrons. The summed E-state index contributed by atoms with van der Waals surface area (Å²) in [6.45, 7) is 1.62. The molecule has 0 unspecified atom stereocenters. The van der Waals surface area contributed by atoms with Gasteiger partial charge in [-0.15, -0.1) is 12.6 Å². The maximum absolute atomic E-state index is 13.6. The van der Waals surface area contributed by atoms with Crippen LogP contribution < -0.4 is 5.32 Å². The van der Waals surface area contributed by atoms with Crippen LogP contribution in [-0.2, 0) is 0 Å². The molecule has 0 atom stereocenters. The van der Waals surface area contributed by atoms with Crippen molar-refractivity contribution in [1.29, 1.82) is 0 Å². The smallest absolute Gasteiger partial charge is 0.223 e. The van der Waals surface area contributed by atoms with Crippen molar-refractivity contribution in [2.75, 3.05) is 5.32 Å². The molecule has 0 saturated carbocycles. The quantitative estimate of drug-likeness (QED) is 0.673. The number of halogens is 2. The van der Waals surface area contributed by atoms with E-state index in [4.69, 9.17) is 11.6 Å². The molecule has 0 spiro atoms. The van der Waals surface area contributed by atoms with Gasteiger partial charge in [0.2, 0.25) is 5.12 Å². The molecule has 0 amide bonds. The Morgan fingerprint density at radius 3 is 2.68 bits per heavy atom. The lowest BCUT2D eigenvalue weighted by atomic mass is 10.2. The van der Waals surface area contributed by atoms with E-state index in [-0.39, 0.29) is 22.2 Å². The fourth-order valence-electron chi connectivity index (χ4n) is 1.51. The third-order valence-electron chi connectivity index (χ3n) is 2.32. The fourth-order valence-corrected chi connectivity index (χ4v) is 2.08. The molecule has 0 aliphatic carbocycles. The van der Waals surface area contributed by atoms with Gasteiger partial charge in [-0.1, -0.05) is 23.7 Å². The van der Waals surface area contributed by atoms with E-state index >= 15 is 0 Å². The van der Waals surface area contributed by atoms with Crippen LogP contribution in [-0.4, -0.2) is 15.1 Å². The number of nitrogens with zero attached hydrogens (tertiary/aromatic N) is 2. The monoisotopic (exact) mass is 297 g/mol. The Bertz CT molecular complexity index is 651. The van der Waals surface area contributed by atoms with Crippen molar-refractivity contribution >= 4 is 40.9 Å². The van der Waals surface area contributed by atoms with Crippen molar-refractivity contribution in [2.24, 2.45) is 0 Å². The van der Waals surface area contributed by atoms with Crippen LogP contribution >= 0.6 is 24.2 Å². The highest BCUT2D eigenvalue weighted by atomic mass is 35.5. The second-order valence-electron chi connectivity index (χ2n) is 3.70. The fraction of sp³-hybridized carbons (Fsp3) is 0.0833. The number of thiol groups is 1. The van der Waals surface area contributed by atoms with Gasteiger partial charge >= 0.3 is 0 Å². The first-order valence-electron chi connectivity index (χ1n) is 5.28. The number of rotatable bonds is 3. The van der Waals surface area contributed by atoms with Crippen molar-refractivity contribution in [3.05, 3.63) is 46.6 Å². The van der Waals surface area contributed by atoms with E-state index in [2.05, 4.69) is 27.9 Å². The van der Waals surface area contributed by atoms with Crippen molar-refractivity contribution in [3.8, 4) is 0 Å². The summed E-state index contributed by atoms with van der Waals surface area (Å²) in [5, 5.41) is 2.11. The van der Waals surface area contributed by atoms with Gasteiger partial charge in [-0.25, -0.2) is 14.4 Å². The molecule has 0 saturated heterocycles. The van der Waals surface area contributed by atoms with E-state index in [1.54, 1.807) is 19.1 Å². The van der Waals surface area contributed by atoms with Crippen LogP contribution in [0.4, 0.5) is 15.9 Å². The topological polar surface area (TPSA) is 54.9 Å². The van der Waals surface area contributed by atoms with Crippen molar-refractivity contribution in [1.82, 2.24) is 9.97 Å². The number of aromatic nitrogens is 2. The molecule has 1 aromatic carbocycles. The molecule has 0 aliphatic heterocycles. The predicted octanol–water partition coefficient (Wildman–Crippen LogP) is 3.39. The van der Waals surface area contributed by atoms with Crippen molar-refractivity contribution in [2.45, 2.75) is 6.92 Å². The maximum Gasteiger partial charge on any atom is 0.223 e. The number of hydrogen-bond acceptors (Lipinski definition) is 4. The van der Waals surface area contributed by atoms with E-state index in [9.17, 15) is 9.18 Å². The molecule has 7 heteroatoms. The summed E-state index contributed by atoms with van der Waals surface area (Å²) in [6.07, 6.45) is 0. The lowest BCUT2D eigenvalue weighted by Gasteiger charge is -2.11. The average molecular weight is 298 g/mol. The third-order valence-corrected chi connectivity index (χ3v) is 2.81. The number of anilines is 2. The minimum absolute atomic E-state index is 0.0128. The van der Waals surface area contributed by atoms with Gasteiger partial charge in [0.1, 0.15) is 28.2 Å². The van der Waals surface area contributed by atoms with E-state index < -0.39 is 10.9 Å². The molecule has 2 rings (SSSR count). The van der Waals surface area contributed by atoms with Crippen LogP contribution in [0, 0.1) is 12.7 Å². The molecule has 1 heterocycles. The van der Waals surface area contributed by atoms with Gasteiger partial charge in [-0.05, 0) is 19.1 Å². The van der Waals surface area contributed by atoms with E-state index in [1.165, 1.54) is 12.1 Å². The van der Waals surface area contributed by atoms with Gasteiger partial charge in [0.05, 0.1) is 5.69 Å². The van der Waals surface area contributed by atoms with E-state index in [1.807, 2.05) is 0 Å². The Morgan fingerprint density at radius 1 is 1.37 bits per heavy atom. The van der Waals surface area contributed by atoms with Gasteiger partial charge < -0.3 is 5.32 Å². The summed E-state index contributed by atoms with van der Waals surface area (Å²) >= 11 is 9.60. The minimum Gasteiger partial charge on any atom is -0.337 e. The standard InChI is InChI=1S/C12H9ClFN3OS/c1-6-15-10(13)9(12(18)19)11(16-6)17-8-5-3-2-4-7(8)14/h2-5H,1H3,(H,18,19)(H,15,16,17). The maximum atomic E-state index is 13.6. The molecule has 1 aromatic heterocycles. The van der Waals surface area contributed by atoms with Crippen molar-refractivity contribution < 1.29 is 9.18 Å². The van der Waals surface area contributed by atoms with E-state index in [0.717, 1.165) is 0 Å². The Morgan fingerprint density at radius 2 is 2.05 bits per heavy atom. The zero-order valence-electron chi connectivity index (χ0n) is 9.82. The molecular weight excluding hydrogens is 289 g/mol. The third kappa shape index (κ3) is 3.02. The molecule has 2 aromatic rings. The molecule has 19 heavy (non-hydrogen) atoms. The molecule has 0 fully saturated rings. The summed E-state index contributed by atoms with van der Waals surface area (Å²) in [5.41, 5.74) is 0.200. The van der Waals surface area contributed by atoms with Crippen LogP contribution in [0.15, 0.2) is 24.3 Å². The molecule has 4 nitrogen and oxygen atoms in total. The minimum atomic E-state index is -0.594. The number of benzene rings is 1. The Labute approximate surface area is 119 Å². The molecule has 0 bridgehead atoms. The Hall–Kier alpha value is -1.66. The zero-order valence-corrected chi connectivity index (χ0v) is 11.5. The first-order valence-corrected chi connectivity index (χ1v) is 6.10. The van der Waals surface area contributed by atoms with Crippen LogP contribution in [0.25, 0.3) is 0 Å². The summed E-state index contributed by atoms with van der Waals surface area (Å²) in [5.74, 6) is 0.0252.